The van der Waals surface area contributed by atoms with E-state index in [0.717, 1.165) is 35.0 Å². The van der Waals surface area contributed by atoms with Gasteiger partial charge in [0.2, 0.25) is 5.91 Å². The van der Waals surface area contributed by atoms with Gasteiger partial charge in [-0.15, -0.1) is 11.8 Å². The van der Waals surface area contributed by atoms with E-state index in [1.165, 1.54) is 12.8 Å². The molecule has 2 heterocycles. The molecule has 5 nitrogen and oxygen atoms in total. The molecule has 6 heteroatoms. The third-order valence-corrected chi connectivity index (χ3v) is 5.79. The lowest BCUT2D eigenvalue weighted by Gasteiger charge is -2.29. The van der Waals surface area contributed by atoms with E-state index in [-0.39, 0.29) is 5.91 Å². The lowest BCUT2D eigenvalue weighted by atomic mass is 10.00. The van der Waals surface area contributed by atoms with Crippen molar-refractivity contribution < 1.29 is 14.3 Å². The summed E-state index contributed by atoms with van der Waals surface area (Å²) in [6.45, 7) is 0. The van der Waals surface area contributed by atoms with Gasteiger partial charge in [0, 0.05) is 35.2 Å². The number of rotatable bonds is 7. The minimum atomic E-state index is 0.161. The van der Waals surface area contributed by atoms with Gasteiger partial charge < -0.3 is 20.1 Å². The minimum Gasteiger partial charge on any atom is -0.493 e. The van der Waals surface area contributed by atoms with Crippen LogP contribution in [0.15, 0.2) is 23.1 Å². The molecule has 0 saturated carbocycles. The van der Waals surface area contributed by atoms with Gasteiger partial charge in [-0.05, 0) is 43.9 Å². The van der Waals surface area contributed by atoms with E-state index in [4.69, 9.17) is 9.47 Å². The second-order valence-corrected chi connectivity index (χ2v) is 7.66. The SMILES string of the molecule is COc1ccc(SCCC(=O)NC2CC3CCC(C2)N3)cc1OC. The first-order valence-corrected chi connectivity index (χ1v) is 9.56. The highest BCUT2D eigenvalue weighted by atomic mass is 32.2. The second kappa shape index (κ2) is 8.12. The molecule has 2 saturated heterocycles. The van der Waals surface area contributed by atoms with Crippen LogP contribution in [0.1, 0.15) is 32.1 Å². The minimum absolute atomic E-state index is 0.161. The Hall–Kier alpha value is -1.40. The van der Waals surface area contributed by atoms with Gasteiger partial charge in [-0.1, -0.05) is 0 Å². The highest BCUT2D eigenvalue weighted by Gasteiger charge is 2.33. The van der Waals surface area contributed by atoms with E-state index in [9.17, 15) is 4.79 Å². The fraction of sp³-hybridized carbons (Fsp3) is 0.611. The number of benzene rings is 1. The van der Waals surface area contributed by atoms with E-state index >= 15 is 0 Å². The molecule has 2 fully saturated rings. The van der Waals surface area contributed by atoms with Crippen molar-refractivity contribution in [2.24, 2.45) is 0 Å². The number of hydrogen-bond donors (Lipinski definition) is 2. The Balaban J connectivity index is 1.42. The van der Waals surface area contributed by atoms with Gasteiger partial charge in [-0.25, -0.2) is 0 Å². The van der Waals surface area contributed by atoms with Crippen LogP contribution in [0.2, 0.25) is 0 Å². The van der Waals surface area contributed by atoms with Crippen molar-refractivity contribution >= 4 is 17.7 Å². The third-order valence-electron chi connectivity index (χ3n) is 4.79. The van der Waals surface area contributed by atoms with Crippen LogP contribution < -0.4 is 20.1 Å². The number of thioether (sulfide) groups is 1. The summed E-state index contributed by atoms with van der Waals surface area (Å²) in [5, 5.41) is 6.81. The maximum Gasteiger partial charge on any atom is 0.221 e. The third kappa shape index (κ3) is 4.36. The molecule has 1 aromatic carbocycles. The van der Waals surface area contributed by atoms with E-state index < -0.39 is 0 Å². The van der Waals surface area contributed by atoms with Gasteiger partial charge in [0.15, 0.2) is 11.5 Å². The molecule has 132 valence electrons. The summed E-state index contributed by atoms with van der Waals surface area (Å²) in [5.41, 5.74) is 0. The Kier molecular flexibility index (Phi) is 5.89. The number of methoxy groups -OCH3 is 2. The van der Waals surface area contributed by atoms with Crippen LogP contribution in [-0.4, -0.2) is 44.0 Å². The second-order valence-electron chi connectivity index (χ2n) is 6.49. The molecule has 2 aliphatic heterocycles. The van der Waals surface area contributed by atoms with Crippen LogP contribution in [-0.2, 0) is 4.79 Å². The van der Waals surface area contributed by atoms with Crippen molar-refractivity contribution in [1.29, 1.82) is 0 Å². The largest absolute Gasteiger partial charge is 0.493 e. The predicted octanol–water partition coefficient (Wildman–Crippen LogP) is 2.59. The quantitative estimate of drug-likeness (QED) is 0.740. The van der Waals surface area contributed by atoms with Gasteiger partial charge >= 0.3 is 0 Å². The summed E-state index contributed by atoms with van der Waals surface area (Å²) in [6, 6.07) is 7.40. The molecule has 2 bridgehead atoms. The molecule has 2 unspecified atom stereocenters. The molecule has 0 aromatic heterocycles. The highest BCUT2D eigenvalue weighted by Crippen LogP contribution is 2.32. The summed E-state index contributed by atoms with van der Waals surface area (Å²) in [7, 11) is 3.26. The van der Waals surface area contributed by atoms with Crippen molar-refractivity contribution in [2.75, 3.05) is 20.0 Å². The van der Waals surface area contributed by atoms with Crippen molar-refractivity contribution in [3.05, 3.63) is 18.2 Å². The molecular formula is C18H26N2O3S. The molecule has 1 amide bonds. The number of fused-ring (bicyclic) bond motifs is 2. The van der Waals surface area contributed by atoms with E-state index in [0.29, 0.717) is 24.5 Å². The molecule has 0 spiro atoms. The summed E-state index contributed by atoms with van der Waals surface area (Å²) in [4.78, 5) is 13.3. The normalized spacial score (nSPS) is 25.3. The van der Waals surface area contributed by atoms with Crippen LogP contribution in [0.4, 0.5) is 0 Å². The smallest absolute Gasteiger partial charge is 0.221 e. The van der Waals surface area contributed by atoms with Gasteiger partial charge in [-0.2, -0.15) is 0 Å². The number of carbonyl (C=O) groups excluding carboxylic acids is 1. The molecule has 1 aromatic rings. The van der Waals surface area contributed by atoms with Gasteiger partial charge in [0.1, 0.15) is 0 Å². The van der Waals surface area contributed by atoms with Crippen LogP contribution >= 0.6 is 11.8 Å². The van der Waals surface area contributed by atoms with E-state index in [1.807, 2.05) is 18.2 Å². The number of amides is 1. The van der Waals surface area contributed by atoms with E-state index in [2.05, 4.69) is 10.6 Å². The number of nitrogens with one attached hydrogen (secondary N) is 2. The zero-order valence-corrected chi connectivity index (χ0v) is 15.2. The summed E-state index contributed by atoms with van der Waals surface area (Å²) >= 11 is 1.66. The van der Waals surface area contributed by atoms with Gasteiger partial charge in [0.25, 0.3) is 0 Å². The lowest BCUT2D eigenvalue weighted by Crippen LogP contribution is -2.48. The van der Waals surface area contributed by atoms with Crippen molar-refractivity contribution in [2.45, 2.75) is 55.1 Å². The summed E-state index contributed by atoms with van der Waals surface area (Å²) in [5.74, 6) is 2.37. The molecule has 0 radical (unpaired) electrons. The molecule has 2 N–H and O–H groups in total. The molecular weight excluding hydrogens is 324 g/mol. The lowest BCUT2D eigenvalue weighted by molar-refractivity contribution is -0.121. The van der Waals surface area contributed by atoms with Gasteiger partial charge in [0.05, 0.1) is 14.2 Å². The monoisotopic (exact) mass is 350 g/mol. The standard InChI is InChI=1S/C18H26N2O3S/c1-22-16-6-5-15(11-17(16)23-2)24-8-7-18(21)20-14-9-12-3-4-13(10-14)19-12/h5-6,11-14,19H,3-4,7-10H2,1-2H3,(H,20,21). The predicted molar refractivity (Wildman–Crippen MR) is 96.0 cm³/mol. The van der Waals surface area contributed by atoms with Crippen LogP contribution in [0.5, 0.6) is 11.5 Å². The van der Waals surface area contributed by atoms with Crippen molar-refractivity contribution in [1.82, 2.24) is 10.6 Å². The Bertz CT molecular complexity index is 569. The molecule has 2 atom stereocenters. The highest BCUT2D eigenvalue weighted by molar-refractivity contribution is 7.99. The molecule has 3 rings (SSSR count). The average Bonchev–Trinajstić information content (AvgIpc) is 2.93. The molecule has 24 heavy (non-hydrogen) atoms. The fourth-order valence-electron chi connectivity index (χ4n) is 3.64. The Labute approximate surface area is 147 Å². The average molecular weight is 350 g/mol. The van der Waals surface area contributed by atoms with Gasteiger partial charge in [-0.3, -0.25) is 4.79 Å². The van der Waals surface area contributed by atoms with Crippen molar-refractivity contribution in [3.8, 4) is 11.5 Å². The Morgan fingerprint density at radius 1 is 1.21 bits per heavy atom. The van der Waals surface area contributed by atoms with Crippen LogP contribution in [0.3, 0.4) is 0 Å². The van der Waals surface area contributed by atoms with Crippen molar-refractivity contribution in [3.63, 3.8) is 0 Å². The first kappa shape index (κ1) is 17.4. The topological polar surface area (TPSA) is 59.6 Å². The van der Waals surface area contributed by atoms with E-state index in [1.54, 1.807) is 26.0 Å². The zero-order valence-electron chi connectivity index (χ0n) is 14.3. The number of piperidine rings is 1. The maximum absolute atomic E-state index is 12.2. The number of ether oxygens (including phenoxy) is 2. The molecule has 2 aliphatic rings. The molecule has 0 aliphatic carbocycles. The summed E-state index contributed by atoms with van der Waals surface area (Å²) < 4.78 is 10.5. The zero-order chi connectivity index (χ0) is 16.9. The maximum atomic E-state index is 12.2. The fourth-order valence-corrected chi connectivity index (χ4v) is 4.52. The first-order valence-electron chi connectivity index (χ1n) is 8.58. The number of carbonyl (C=O) groups is 1. The number of hydrogen-bond acceptors (Lipinski definition) is 5. The Morgan fingerprint density at radius 2 is 1.92 bits per heavy atom. The first-order chi connectivity index (χ1) is 11.7. The van der Waals surface area contributed by atoms with Crippen LogP contribution in [0.25, 0.3) is 0 Å². The summed E-state index contributed by atoms with van der Waals surface area (Å²) in [6.07, 6.45) is 5.20. The Morgan fingerprint density at radius 3 is 2.58 bits per heavy atom. The van der Waals surface area contributed by atoms with Crippen LogP contribution in [0, 0.1) is 0 Å².